The van der Waals surface area contributed by atoms with Crippen molar-refractivity contribution in [1.82, 2.24) is 14.6 Å². The van der Waals surface area contributed by atoms with Crippen molar-refractivity contribution in [2.24, 2.45) is 0 Å². The monoisotopic (exact) mass is 329 g/mol. The first-order valence-corrected chi connectivity index (χ1v) is 8.31. The Bertz CT molecular complexity index is 645. The van der Waals surface area contributed by atoms with Crippen LogP contribution in [0.4, 0.5) is 0 Å². The van der Waals surface area contributed by atoms with Gasteiger partial charge >= 0.3 is 5.97 Å². The summed E-state index contributed by atoms with van der Waals surface area (Å²) in [6.07, 6.45) is 0.445. The van der Waals surface area contributed by atoms with Gasteiger partial charge < -0.3 is 10.4 Å². The average Bonchev–Trinajstić information content (AvgIpc) is 2.51. The molecule has 0 unspecified atom stereocenters. The van der Waals surface area contributed by atoms with Crippen molar-refractivity contribution in [3.05, 3.63) is 29.6 Å². The standard InChI is InChI=1S/C13H19N3O5S/c1-3-22(20,21)16(2)9-5-8-14-12(17)10-6-4-7-11(15-10)13(18)19/h4,6-7H,3,5,8-9H2,1-2H3,(H,14,17)(H,18,19). The first-order valence-electron chi connectivity index (χ1n) is 6.70. The first kappa shape index (κ1) is 18.1. The molecule has 8 nitrogen and oxygen atoms in total. The Morgan fingerprint density at radius 1 is 1.32 bits per heavy atom. The molecule has 122 valence electrons. The molecule has 1 aromatic rings. The molecule has 1 rings (SSSR count). The maximum Gasteiger partial charge on any atom is 0.354 e. The summed E-state index contributed by atoms with van der Waals surface area (Å²) in [5.41, 5.74) is -0.198. The molecule has 0 bridgehead atoms. The number of carbonyl (C=O) groups is 2. The minimum absolute atomic E-state index is 0.00874. The lowest BCUT2D eigenvalue weighted by molar-refractivity contribution is 0.0690. The highest BCUT2D eigenvalue weighted by molar-refractivity contribution is 7.89. The predicted molar refractivity (Wildman–Crippen MR) is 80.2 cm³/mol. The zero-order valence-corrected chi connectivity index (χ0v) is 13.3. The van der Waals surface area contributed by atoms with Crippen molar-refractivity contribution >= 4 is 21.9 Å². The van der Waals surface area contributed by atoms with Crippen molar-refractivity contribution < 1.29 is 23.1 Å². The van der Waals surface area contributed by atoms with Crippen molar-refractivity contribution in [1.29, 1.82) is 0 Å². The van der Waals surface area contributed by atoms with Crippen LogP contribution < -0.4 is 5.32 Å². The van der Waals surface area contributed by atoms with Crippen molar-refractivity contribution in [2.45, 2.75) is 13.3 Å². The lowest BCUT2D eigenvalue weighted by Gasteiger charge is -2.15. The number of nitrogens with one attached hydrogen (secondary N) is 1. The molecule has 22 heavy (non-hydrogen) atoms. The summed E-state index contributed by atoms with van der Waals surface area (Å²) >= 11 is 0. The molecule has 1 amide bonds. The van der Waals surface area contributed by atoms with Gasteiger partial charge in [0.2, 0.25) is 10.0 Å². The lowest BCUT2D eigenvalue weighted by atomic mass is 10.3. The second-order valence-electron chi connectivity index (χ2n) is 4.54. The van der Waals surface area contributed by atoms with Crippen LogP contribution in [0, 0.1) is 0 Å². The maximum absolute atomic E-state index is 11.8. The smallest absolute Gasteiger partial charge is 0.354 e. The van der Waals surface area contributed by atoms with Crippen molar-refractivity contribution in [3.8, 4) is 0 Å². The Hall–Kier alpha value is -2.00. The first-order chi connectivity index (χ1) is 10.3. The molecule has 0 fully saturated rings. The third-order valence-electron chi connectivity index (χ3n) is 2.98. The number of carboxylic acid groups (broad SMARTS) is 1. The van der Waals surface area contributed by atoms with Crippen LogP contribution in [-0.4, -0.2) is 60.6 Å². The van der Waals surface area contributed by atoms with E-state index in [0.717, 1.165) is 0 Å². The van der Waals surface area contributed by atoms with E-state index in [1.807, 2.05) is 0 Å². The normalized spacial score (nSPS) is 11.4. The molecule has 0 atom stereocenters. The zero-order valence-electron chi connectivity index (χ0n) is 12.4. The SMILES string of the molecule is CCS(=O)(=O)N(C)CCCNC(=O)c1cccc(C(=O)O)n1. The number of hydrogen-bond acceptors (Lipinski definition) is 5. The quantitative estimate of drug-likeness (QED) is 0.657. The Morgan fingerprint density at radius 2 is 1.95 bits per heavy atom. The Kier molecular flexibility index (Phi) is 6.44. The molecule has 0 aliphatic carbocycles. The molecule has 0 radical (unpaired) electrons. The Labute approximate surface area is 129 Å². The highest BCUT2D eigenvalue weighted by Crippen LogP contribution is 2.01. The van der Waals surface area contributed by atoms with E-state index >= 15 is 0 Å². The molecule has 0 aliphatic heterocycles. The Balaban J connectivity index is 2.47. The van der Waals surface area contributed by atoms with E-state index in [4.69, 9.17) is 5.11 Å². The number of sulfonamides is 1. The highest BCUT2D eigenvalue weighted by atomic mass is 32.2. The number of carboxylic acids is 1. The van der Waals surface area contributed by atoms with E-state index in [9.17, 15) is 18.0 Å². The number of nitrogens with zero attached hydrogens (tertiary/aromatic N) is 2. The molecule has 2 N–H and O–H groups in total. The van der Waals surface area contributed by atoms with Gasteiger partial charge in [-0.15, -0.1) is 0 Å². The largest absolute Gasteiger partial charge is 0.477 e. The fraction of sp³-hybridized carbons (Fsp3) is 0.462. The van der Waals surface area contributed by atoms with E-state index < -0.39 is 21.9 Å². The third-order valence-corrected chi connectivity index (χ3v) is 4.84. The van der Waals surface area contributed by atoms with Crippen LogP contribution in [0.3, 0.4) is 0 Å². The van der Waals surface area contributed by atoms with Crippen LogP contribution >= 0.6 is 0 Å². The van der Waals surface area contributed by atoms with Crippen LogP contribution in [0.15, 0.2) is 18.2 Å². The second kappa shape index (κ2) is 7.85. The average molecular weight is 329 g/mol. The summed E-state index contributed by atoms with van der Waals surface area (Å²) in [6, 6.07) is 4.14. The van der Waals surface area contributed by atoms with Crippen LogP contribution in [-0.2, 0) is 10.0 Å². The van der Waals surface area contributed by atoms with Crippen LogP contribution in [0.25, 0.3) is 0 Å². The molecule has 0 aromatic carbocycles. The Morgan fingerprint density at radius 3 is 2.55 bits per heavy atom. The molecular weight excluding hydrogens is 310 g/mol. The predicted octanol–water partition coefficient (Wildman–Crippen LogP) is 0.181. The minimum atomic E-state index is -3.22. The number of aromatic carboxylic acids is 1. The van der Waals surface area contributed by atoms with Gasteiger partial charge in [0.15, 0.2) is 0 Å². The summed E-state index contributed by atoms with van der Waals surface area (Å²) in [5, 5.41) is 11.4. The van der Waals surface area contributed by atoms with Crippen molar-refractivity contribution in [3.63, 3.8) is 0 Å². The minimum Gasteiger partial charge on any atom is -0.477 e. The number of pyridine rings is 1. The zero-order chi connectivity index (χ0) is 16.8. The number of carbonyl (C=O) groups excluding carboxylic acids is 1. The summed E-state index contributed by atoms with van der Waals surface area (Å²) in [5.74, 6) is -1.67. The highest BCUT2D eigenvalue weighted by Gasteiger charge is 2.15. The second-order valence-corrected chi connectivity index (χ2v) is 6.91. The van der Waals surface area contributed by atoms with Crippen molar-refractivity contribution in [2.75, 3.05) is 25.9 Å². The van der Waals surface area contributed by atoms with Gasteiger partial charge in [-0.3, -0.25) is 4.79 Å². The number of hydrogen-bond donors (Lipinski definition) is 2. The third kappa shape index (κ3) is 5.08. The van der Waals surface area contributed by atoms with Gasteiger partial charge in [0.05, 0.1) is 5.75 Å². The van der Waals surface area contributed by atoms with Crippen LogP contribution in [0.1, 0.15) is 34.3 Å². The van der Waals surface area contributed by atoms with Gasteiger partial charge in [-0.05, 0) is 25.5 Å². The summed E-state index contributed by atoms with van der Waals surface area (Å²) in [4.78, 5) is 26.3. The van der Waals surface area contributed by atoms with Gasteiger partial charge in [0.1, 0.15) is 11.4 Å². The van der Waals surface area contributed by atoms with Gasteiger partial charge in [-0.1, -0.05) is 6.07 Å². The maximum atomic E-state index is 11.8. The summed E-state index contributed by atoms with van der Waals surface area (Å²) < 4.78 is 24.3. The van der Waals surface area contributed by atoms with Crippen LogP contribution in [0.2, 0.25) is 0 Å². The van der Waals surface area contributed by atoms with Gasteiger partial charge in [-0.25, -0.2) is 22.5 Å². The van der Waals surface area contributed by atoms with E-state index in [2.05, 4.69) is 10.3 Å². The molecular formula is C13H19N3O5S. The van der Waals surface area contributed by atoms with Crippen LogP contribution in [0.5, 0.6) is 0 Å². The number of amides is 1. The van der Waals surface area contributed by atoms with E-state index in [-0.39, 0.29) is 23.7 Å². The molecule has 0 spiro atoms. The molecule has 0 saturated carbocycles. The molecule has 0 saturated heterocycles. The molecule has 0 aliphatic rings. The molecule has 1 aromatic heterocycles. The number of rotatable bonds is 8. The fourth-order valence-corrected chi connectivity index (χ4v) is 2.48. The van der Waals surface area contributed by atoms with Gasteiger partial charge in [-0.2, -0.15) is 0 Å². The summed E-state index contributed by atoms with van der Waals surface area (Å²) in [6.45, 7) is 2.12. The lowest BCUT2D eigenvalue weighted by Crippen LogP contribution is -2.32. The molecule has 9 heteroatoms. The van der Waals surface area contributed by atoms with E-state index in [0.29, 0.717) is 13.0 Å². The van der Waals surface area contributed by atoms with E-state index in [1.54, 1.807) is 6.92 Å². The van der Waals surface area contributed by atoms with Gasteiger partial charge in [0.25, 0.3) is 5.91 Å². The summed E-state index contributed by atoms with van der Waals surface area (Å²) in [7, 11) is -1.74. The number of aromatic nitrogens is 1. The van der Waals surface area contributed by atoms with E-state index in [1.165, 1.54) is 29.6 Å². The molecule has 1 heterocycles. The fourth-order valence-electron chi connectivity index (χ4n) is 1.63. The van der Waals surface area contributed by atoms with Gasteiger partial charge in [0, 0.05) is 20.1 Å². The topological polar surface area (TPSA) is 117 Å².